The zero-order chi connectivity index (χ0) is 39.5. The molecule has 0 saturated heterocycles. The predicted octanol–water partition coefficient (Wildman–Crippen LogP) is 9.99. The number of benzene rings is 5. The summed E-state index contributed by atoms with van der Waals surface area (Å²) in [4.78, 5) is 18.2. The van der Waals surface area contributed by atoms with E-state index in [4.69, 9.17) is 4.99 Å². The van der Waals surface area contributed by atoms with Gasteiger partial charge in [-0.2, -0.15) is 13.2 Å². The Balaban J connectivity index is 1.13. The van der Waals surface area contributed by atoms with Crippen LogP contribution in [0.3, 0.4) is 0 Å². The third-order valence-corrected chi connectivity index (χ3v) is 9.81. The number of alkyl halides is 3. The van der Waals surface area contributed by atoms with E-state index in [1.165, 1.54) is 21.9 Å². The molecule has 56 heavy (non-hydrogen) atoms. The Morgan fingerprint density at radius 2 is 1.12 bits per heavy atom. The van der Waals surface area contributed by atoms with Crippen LogP contribution in [-0.2, 0) is 38.9 Å². The monoisotopic (exact) mass is 756 g/mol. The first-order valence-electron chi connectivity index (χ1n) is 19.1. The second kappa shape index (κ2) is 18.9. The second-order valence-electron chi connectivity index (χ2n) is 14.7. The summed E-state index contributed by atoms with van der Waals surface area (Å²) >= 11 is 0. The summed E-state index contributed by atoms with van der Waals surface area (Å²) in [5.74, 6) is 0.967. The van der Waals surface area contributed by atoms with Crippen LogP contribution in [0.15, 0.2) is 145 Å². The van der Waals surface area contributed by atoms with Crippen molar-refractivity contribution < 1.29 is 13.2 Å². The molecule has 290 valence electrons. The largest absolute Gasteiger partial charge is 0.416 e. The van der Waals surface area contributed by atoms with Crippen LogP contribution < -0.4 is 0 Å². The van der Waals surface area contributed by atoms with Crippen molar-refractivity contribution in [2.24, 2.45) is 4.99 Å². The van der Waals surface area contributed by atoms with Gasteiger partial charge in [0.2, 0.25) is 0 Å². The third-order valence-electron chi connectivity index (χ3n) is 9.81. The Morgan fingerprint density at radius 1 is 0.571 bits per heavy atom. The number of hydrogen-bond acceptors (Lipinski definition) is 4. The highest BCUT2D eigenvalue weighted by Crippen LogP contribution is 2.30. The lowest BCUT2D eigenvalue weighted by Crippen LogP contribution is -2.35. The van der Waals surface area contributed by atoms with Crippen molar-refractivity contribution in [3.63, 3.8) is 0 Å². The number of rotatable bonds is 15. The summed E-state index contributed by atoms with van der Waals surface area (Å²) in [5, 5.41) is 2.55. The Bertz CT molecular complexity index is 2130. The van der Waals surface area contributed by atoms with Gasteiger partial charge in [-0.3, -0.25) is 19.8 Å². The molecule has 1 heterocycles. The highest BCUT2D eigenvalue weighted by atomic mass is 19.4. The average molecular weight is 757 g/mol. The molecule has 0 fully saturated rings. The fourth-order valence-electron chi connectivity index (χ4n) is 7.11. The first-order chi connectivity index (χ1) is 27.0. The first-order valence-corrected chi connectivity index (χ1v) is 19.1. The molecule has 0 radical (unpaired) electrons. The lowest BCUT2D eigenvalue weighted by molar-refractivity contribution is -0.137. The molecule has 0 aliphatic rings. The quantitative estimate of drug-likeness (QED) is 0.0593. The molecule has 0 bridgehead atoms. The number of hydrogen-bond donors (Lipinski definition) is 0. The molecule has 0 unspecified atom stereocenters. The molecule has 6 rings (SSSR count). The Labute approximate surface area is 329 Å². The third kappa shape index (κ3) is 11.3. The number of halogens is 3. The number of aliphatic imine (C=N–C) groups is 1. The van der Waals surface area contributed by atoms with E-state index in [0.29, 0.717) is 19.6 Å². The molecule has 1 aromatic heterocycles. The van der Waals surface area contributed by atoms with Gasteiger partial charge in [0.05, 0.1) is 11.3 Å². The Hall–Kier alpha value is -5.51. The lowest BCUT2D eigenvalue weighted by Gasteiger charge is -2.25. The fourth-order valence-corrected chi connectivity index (χ4v) is 7.11. The van der Waals surface area contributed by atoms with Gasteiger partial charge >= 0.3 is 6.18 Å². The Kier molecular flexibility index (Phi) is 13.5. The van der Waals surface area contributed by atoms with Crippen molar-refractivity contribution in [3.8, 4) is 11.1 Å². The van der Waals surface area contributed by atoms with Gasteiger partial charge in [-0.25, -0.2) is 0 Å². The van der Waals surface area contributed by atoms with Crippen molar-refractivity contribution in [1.29, 1.82) is 0 Å². The molecule has 0 spiro atoms. The summed E-state index contributed by atoms with van der Waals surface area (Å²) in [6.07, 6.45) is -1.65. The molecule has 6 aromatic rings. The van der Waals surface area contributed by atoms with Crippen LogP contribution in [0.25, 0.3) is 21.9 Å². The summed E-state index contributed by atoms with van der Waals surface area (Å²) in [7, 11) is 8.10. The Morgan fingerprint density at radius 3 is 1.70 bits per heavy atom. The normalized spacial score (nSPS) is 11.7. The van der Waals surface area contributed by atoms with Crippen LogP contribution >= 0.6 is 0 Å². The summed E-state index contributed by atoms with van der Waals surface area (Å²) in [6, 6.07) is 43.8. The van der Waals surface area contributed by atoms with Crippen LogP contribution in [0.2, 0.25) is 0 Å². The van der Waals surface area contributed by atoms with E-state index in [1.807, 2.05) is 56.2 Å². The molecule has 6 nitrogen and oxygen atoms in total. The van der Waals surface area contributed by atoms with Crippen LogP contribution in [-0.4, -0.2) is 71.8 Å². The zero-order valence-electron chi connectivity index (χ0n) is 32.8. The maximum Gasteiger partial charge on any atom is 0.416 e. The molecular formula is C47H51F3N6. The molecule has 9 heteroatoms. The summed E-state index contributed by atoms with van der Waals surface area (Å²) in [6.45, 7) is 5.03. The van der Waals surface area contributed by atoms with E-state index >= 15 is 0 Å². The summed E-state index contributed by atoms with van der Waals surface area (Å²) in [5.41, 5.74) is 7.05. The van der Waals surface area contributed by atoms with Gasteiger partial charge in [0.1, 0.15) is 0 Å². The van der Waals surface area contributed by atoms with Crippen LogP contribution in [0, 0.1) is 0 Å². The van der Waals surface area contributed by atoms with Gasteiger partial charge in [0.15, 0.2) is 5.96 Å². The van der Waals surface area contributed by atoms with Gasteiger partial charge < -0.3 is 9.80 Å². The van der Waals surface area contributed by atoms with E-state index in [9.17, 15) is 13.2 Å². The van der Waals surface area contributed by atoms with Gasteiger partial charge in [0.25, 0.3) is 0 Å². The van der Waals surface area contributed by atoms with Gasteiger partial charge in [-0.15, -0.1) is 0 Å². The SMILES string of the molecule is CN(C)C(=NCCCN(Cc1ccc(-c2ccc(CN(Cc3ccc(C(F)(F)F)cc3)Cc3ccccn3)cc2)cc1)Cc1cccc2ccccc12)N(C)C. The van der Waals surface area contributed by atoms with Crippen LogP contribution in [0.1, 0.15) is 39.9 Å². The van der Waals surface area contributed by atoms with Crippen molar-refractivity contribution in [3.05, 3.63) is 173 Å². The average Bonchev–Trinajstić information content (AvgIpc) is 3.18. The molecule has 0 amide bonds. The highest BCUT2D eigenvalue weighted by molar-refractivity contribution is 5.85. The van der Waals surface area contributed by atoms with E-state index in [-0.39, 0.29) is 0 Å². The van der Waals surface area contributed by atoms with Gasteiger partial charge in [0, 0.05) is 80.2 Å². The minimum atomic E-state index is -4.36. The number of aromatic nitrogens is 1. The van der Waals surface area contributed by atoms with Crippen molar-refractivity contribution in [2.45, 2.75) is 45.3 Å². The first kappa shape index (κ1) is 40.2. The van der Waals surface area contributed by atoms with Gasteiger partial charge in [-0.1, -0.05) is 109 Å². The number of nitrogens with zero attached hydrogens (tertiary/aromatic N) is 6. The van der Waals surface area contributed by atoms with Crippen molar-refractivity contribution in [2.75, 3.05) is 41.3 Å². The van der Waals surface area contributed by atoms with Crippen molar-refractivity contribution >= 4 is 16.7 Å². The minimum absolute atomic E-state index is 0.496. The molecule has 5 aromatic carbocycles. The molecule has 0 saturated carbocycles. The van der Waals surface area contributed by atoms with E-state index in [0.717, 1.165) is 78.6 Å². The van der Waals surface area contributed by atoms with Crippen LogP contribution in [0.5, 0.6) is 0 Å². The maximum absolute atomic E-state index is 13.2. The molecule has 0 atom stereocenters. The fraction of sp³-hybridized carbons (Fsp3) is 0.277. The van der Waals surface area contributed by atoms with E-state index in [1.54, 1.807) is 18.3 Å². The predicted molar refractivity (Wildman–Crippen MR) is 223 cm³/mol. The summed E-state index contributed by atoms with van der Waals surface area (Å²) < 4.78 is 39.5. The number of guanidine groups is 1. The van der Waals surface area contributed by atoms with Crippen LogP contribution in [0.4, 0.5) is 13.2 Å². The maximum atomic E-state index is 13.2. The molecule has 0 aliphatic carbocycles. The van der Waals surface area contributed by atoms with Crippen molar-refractivity contribution in [1.82, 2.24) is 24.6 Å². The van der Waals surface area contributed by atoms with Gasteiger partial charge in [-0.05, 0) is 74.8 Å². The molecule has 0 aliphatic heterocycles. The van der Waals surface area contributed by atoms with E-state index in [2.05, 4.69) is 106 Å². The smallest absolute Gasteiger partial charge is 0.349 e. The lowest BCUT2D eigenvalue weighted by atomic mass is 10.0. The highest BCUT2D eigenvalue weighted by Gasteiger charge is 2.30. The zero-order valence-corrected chi connectivity index (χ0v) is 32.8. The molecule has 0 N–H and O–H groups in total. The second-order valence-corrected chi connectivity index (χ2v) is 14.7. The number of fused-ring (bicyclic) bond motifs is 1. The minimum Gasteiger partial charge on any atom is -0.349 e. The van der Waals surface area contributed by atoms with E-state index < -0.39 is 11.7 Å². The topological polar surface area (TPSA) is 38.2 Å². The standard InChI is InChI=1S/C47H51F3N6/c1-53(2)46(54(3)4)52-29-10-30-55(34-42-13-9-12-41-11-5-6-15-45(41)42)31-36-16-22-39(23-17-36)40-24-18-37(19-25-40)32-56(35-44-14-7-8-28-51-44)33-38-20-26-43(27-21-38)47(48,49)50/h5-9,11-28H,10,29-35H2,1-4H3. The molecular weight excluding hydrogens is 706 g/mol. The number of pyridine rings is 1.